The van der Waals surface area contributed by atoms with Gasteiger partial charge in [0.15, 0.2) is 0 Å². The molecule has 0 amide bonds. The van der Waals surface area contributed by atoms with E-state index in [-0.39, 0.29) is 0 Å². The fourth-order valence-corrected chi connectivity index (χ4v) is 1.47. The second-order valence-corrected chi connectivity index (χ2v) is 5.02. The molecule has 0 saturated carbocycles. The SMILES string of the molecule is Cc1nn(CC(C)C)cc1NCC(C)C. The Bertz CT molecular complexity index is 300. The van der Waals surface area contributed by atoms with E-state index in [1.165, 1.54) is 5.69 Å². The van der Waals surface area contributed by atoms with Crippen LogP contribution >= 0.6 is 0 Å². The molecule has 0 spiro atoms. The first kappa shape index (κ1) is 12.1. The first-order valence-electron chi connectivity index (χ1n) is 5.77. The second-order valence-electron chi connectivity index (χ2n) is 5.02. The van der Waals surface area contributed by atoms with Crippen LogP contribution in [-0.4, -0.2) is 16.3 Å². The number of anilines is 1. The average Bonchev–Trinajstić information content (AvgIpc) is 2.41. The molecule has 0 saturated heterocycles. The van der Waals surface area contributed by atoms with Gasteiger partial charge in [-0.25, -0.2) is 0 Å². The number of aromatic nitrogens is 2. The van der Waals surface area contributed by atoms with E-state index in [0.717, 1.165) is 18.8 Å². The minimum absolute atomic E-state index is 0.641. The molecule has 1 rings (SSSR count). The highest BCUT2D eigenvalue weighted by atomic mass is 15.3. The summed E-state index contributed by atoms with van der Waals surface area (Å²) in [4.78, 5) is 0. The van der Waals surface area contributed by atoms with Crippen molar-refractivity contribution in [3.63, 3.8) is 0 Å². The fourth-order valence-electron chi connectivity index (χ4n) is 1.47. The van der Waals surface area contributed by atoms with E-state index in [1.807, 2.05) is 4.68 Å². The summed E-state index contributed by atoms with van der Waals surface area (Å²) in [6, 6.07) is 0. The topological polar surface area (TPSA) is 29.9 Å². The summed E-state index contributed by atoms with van der Waals surface area (Å²) in [5.41, 5.74) is 2.26. The molecular weight excluding hydrogens is 186 g/mol. The molecule has 0 aliphatic carbocycles. The largest absolute Gasteiger partial charge is 0.382 e. The fraction of sp³-hybridized carbons (Fsp3) is 0.750. The molecule has 0 aliphatic heterocycles. The molecule has 1 aromatic heterocycles. The van der Waals surface area contributed by atoms with Crippen LogP contribution in [0.15, 0.2) is 6.20 Å². The van der Waals surface area contributed by atoms with Gasteiger partial charge in [0, 0.05) is 19.3 Å². The lowest BCUT2D eigenvalue weighted by Crippen LogP contribution is -2.08. The smallest absolute Gasteiger partial charge is 0.0825 e. The molecule has 1 N–H and O–H groups in total. The molecule has 0 atom stereocenters. The maximum Gasteiger partial charge on any atom is 0.0825 e. The van der Waals surface area contributed by atoms with Crippen LogP contribution in [0.3, 0.4) is 0 Å². The molecule has 3 nitrogen and oxygen atoms in total. The van der Waals surface area contributed by atoms with E-state index >= 15 is 0 Å². The van der Waals surface area contributed by atoms with Gasteiger partial charge in [-0.15, -0.1) is 0 Å². The van der Waals surface area contributed by atoms with E-state index in [4.69, 9.17) is 0 Å². The molecule has 1 aromatic rings. The van der Waals surface area contributed by atoms with Crippen molar-refractivity contribution in [1.82, 2.24) is 9.78 Å². The molecule has 3 heteroatoms. The number of nitrogens with zero attached hydrogens (tertiary/aromatic N) is 2. The molecule has 0 bridgehead atoms. The van der Waals surface area contributed by atoms with Gasteiger partial charge in [0.05, 0.1) is 11.4 Å². The van der Waals surface area contributed by atoms with Crippen molar-refractivity contribution < 1.29 is 0 Å². The average molecular weight is 209 g/mol. The van der Waals surface area contributed by atoms with Gasteiger partial charge in [-0.3, -0.25) is 4.68 Å². The van der Waals surface area contributed by atoms with Gasteiger partial charge in [0.1, 0.15) is 0 Å². The molecule has 0 aliphatic rings. The monoisotopic (exact) mass is 209 g/mol. The highest BCUT2D eigenvalue weighted by Crippen LogP contribution is 2.13. The summed E-state index contributed by atoms with van der Waals surface area (Å²) >= 11 is 0. The number of rotatable bonds is 5. The standard InChI is InChI=1S/C12H23N3/c1-9(2)6-13-12-8-15(7-10(3)4)14-11(12)5/h8-10,13H,6-7H2,1-5H3. The minimum atomic E-state index is 0.641. The number of hydrogen-bond donors (Lipinski definition) is 1. The third kappa shape index (κ3) is 3.94. The van der Waals surface area contributed by atoms with Crippen molar-refractivity contribution in [1.29, 1.82) is 0 Å². The van der Waals surface area contributed by atoms with Crippen molar-refractivity contribution in [3.8, 4) is 0 Å². The summed E-state index contributed by atoms with van der Waals surface area (Å²) < 4.78 is 2.03. The van der Waals surface area contributed by atoms with Gasteiger partial charge in [-0.2, -0.15) is 5.10 Å². The summed E-state index contributed by atoms with van der Waals surface area (Å²) in [7, 11) is 0. The van der Waals surface area contributed by atoms with Crippen molar-refractivity contribution in [2.75, 3.05) is 11.9 Å². The maximum atomic E-state index is 4.48. The predicted molar refractivity (Wildman–Crippen MR) is 65.1 cm³/mol. The third-order valence-corrected chi connectivity index (χ3v) is 2.20. The molecule has 0 unspecified atom stereocenters. The number of hydrogen-bond acceptors (Lipinski definition) is 2. The van der Waals surface area contributed by atoms with E-state index in [0.29, 0.717) is 11.8 Å². The summed E-state index contributed by atoms with van der Waals surface area (Å²) in [5, 5.41) is 7.91. The normalized spacial score (nSPS) is 11.4. The number of aryl methyl sites for hydroxylation is 1. The van der Waals surface area contributed by atoms with Gasteiger partial charge in [-0.1, -0.05) is 27.7 Å². The van der Waals surface area contributed by atoms with Gasteiger partial charge < -0.3 is 5.32 Å². The molecule has 0 fully saturated rings. The maximum absolute atomic E-state index is 4.48. The number of nitrogens with one attached hydrogen (secondary N) is 1. The van der Waals surface area contributed by atoms with E-state index < -0.39 is 0 Å². The highest BCUT2D eigenvalue weighted by Gasteiger charge is 2.05. The van der Waals surface area contributed by atoms with Gasteiger partial charge in [0.25, 0.3) is 0 Å². The summed E-state index contributed by atoms with van der Waals surface area (Å²) in [5.74, 6) is 1.31. The molecule has 0 radical (unpaired) electrons. The zero-order valence-corrected chi connectivity index (χ0v) is 10.5. The van der Waals surface area contributed by atoms with E-state index in [2.05, 4.69) is 51.2 Å². The minimum Gasteiger partial charge on any atom is -0.382 e. The summed E-state index contributed by atoms with van der Waals surface area (Å²) in [6.45, 7) is 12.9. The molecule has 15 heavy (non-hydrogen) atoms. The van der Waals surface area contributed by atoms with Crippen molar-refractivity contribution in [2.45, 2.75) is 41.2 Å². The van der Waals surface area contributed by atoms with Crippen LogP contribution in [0.5, 0.6) is 0 Å². The van der Waals surface area contributed by atoms with Crippen molar-refractivity contribution >= 4 is 5.69 Å². The quantitative estimate of drug-likeness (QED) is 0.808. The third-order valence-electron chi connectivity index (χ3n) is 2.20. The molecular formula is C12H23N3. The van der Waals surface area contributed by atoms with Crippen LogP contribution in [0, 0.1) is 18.8 Å². The van der Waals surface area contributed by atoms with Crippen LogP contribution in [0.1, 0.15) is 33.4 Å². The molecule has 86 valence electrons. The van der Waals surface area contributed by atoms with Crippen LogP contribution < -0.4 is 5.32 Å². The van der Waals surface area contributed by atoms with Gasteiger partial charge in [0.2, 0.25) is 0 Å². The van der Waals surface area contributed by atoms with Gasteiger partial charge >= 0.3 is 0 Å². The van der Waals surface area contributed by atoms with Crippen LogP contribution in [-0.2, 0) is 6.54 Å². The summed E-state index contributed by atoms with van der Waals surface area (Å²) in [6.07, 6.45) is 2.11. The Morgan fingerprint density at radius 1 is 1.27 bits per heavy atom. The van der Waals surface area contributed by atoms with Crippen LogP contribution in [0.25, 0.3) is 0 Å². The highest BCUT2D eigenvalue weighted by molar-refractivity contribution is 5.45. The van der Waals surface area contributed by atoms with Crippen molar-refractivity contribution in [3.05, 3.63) is 11.9 Å². The van der Waals surface area contributed by atoms with E-state index in [1.54, 1.807) is 0 Å². The first-order valence-corrected chi connectivity index (χ1v) is 5.77. The molecule has 0 aromatic carbocycles. The lowest BCUT2D eigenvalue weighted by Gasteiger charge is -2.07. The lowest BCUT2D eigenvalue weighted by molar-refractivity contribution is 0.481. The first-order chi connectivity index (χ1) is 6.99. The Kier molecular flexibility index (Phi) is 4.18. The zero-order valence-electron chi connectivity index (χ0n) is 10.5. The predicted octanol–water partition coefficient (Wildman–Crippen LogP) is 2.92. The Labute approximate surface area is 92.9 Å². The Morgan fingerprint density at radius 3 is 2.47 bits per heavy atom. The van der Waals surface area contributed by atoms with Crippen molar-refractivity contribution in [2.24, 2.45) is 11.8 Å². The van der Waals surface area contributed by atoms with Crippen LogP contribution in [0.2, 0.25) is 0 Å². The molecule has 1 heterocycles. The lowest BCUT2D eigenvalue weighted by atomic mass is 10.2. The Morgan fingerprint density at radius 2 is 1.93 bits per heavy atom. The van der Waals surface area contributed by atoms with Gasteiger partial charge in [-0.05, 0) is 18.8 Å². The zero-order chi connectivity index (χ0) is 11.4. The van der Waals surface area contributed by atoms with Crippen LogP contribution in [0.4, 0.5) is 5.69 Å². The van der Waals surface area contributed by atoms with E-state index in [9.17, 15) is 0 Å². The second kappa shape index (κ2) is 5.19. The Hall–Kier alpha value is -0.990. The Balaban J connectivity index is 2.60.